The average molecular weight is 394 g/mol. The molecule has 1 aliphatic heterocycles. The first kappa shape index (κ1) is 21.1. The number of unbranched alkanes of at least 4 members (excludes halogenated alkanes) is 1. The normalized spacial score (nSPS) is 15.1. The summed E-state index contributed by atoms with van der Waals surface area (Å²) in [6.07, 6.45) is 5.40. The molecule has 0 aromatic heterocycles. The number of imide groups is 1. The minimum absolute atomic E-state index is 0.103. The van der Waals surface area contributed by atoms with Crippen LogP contribution in [0.3, 0.4) is 0 Å². The molecule has 3 rings (SSSR count). The van der Waals surface area contributed by atoms with Gasteiger partial charge in [0.1, 0.15) is 0 Å². The van der Waals surface area contributed by atoms with Crippen LogP contribution >= 0.6 is 0 Å². The Morgan fingerprint density at radius 2 is 1.62 bits per heavy atom. The van der Waals surface area contributed by atoms with Gasteiger partial charge in [-0.3, -0.25) is 15.0 Å². The van der Waals surface area contributed by atoms with Crippen molar-refractivity contribution in [1.82, 2.24) is 15.5 Å². The summed E-state index contributed by atoms with van der Waals surface area (Å²) in [5.74, 6) is -0.372. The van der Waals surface area contributed by atoms with Crippen molar-refractivity contribution in [1.29, 1.82) is 0 Å². The van der Waals surface area contributed by atoms with Crippen molar-refractivity contribution >= 4 is 11.9 Å². The van der Waals surface area contributed by atoms with Crippen molar-refractivity contribution in [3.8, 4) is 0 Å². The van der Waals surface area contributed by atoms with Crippen molar-refractivity contribution in [2.24, 2.45) is 0 Å². The Balaban J connectivity index is 1.38. The number of nitrogens with zero attached hydrogens (tertiary/aromatic N) is 1. The predicted molar refractivity (Wildman–Crippen MR) is 116 cm³/mol. The Morgan fingerprint density at radius 1 is 0.966 bits per heavy atom. The number of rotatable bonds is 7. The standard InChI is InChI=1S/C24H31N3O2/c1-2-3-7-19-10-12-20(13-11-19)18-27-16-14-22(15-17-27)25-24(29)26-23(28)21-8-5-4-6-9-21/h4-6,8-13,22H,2-3,7,14-18H2,1H3,(H2,25,26,28,29). The molecule has 3 amide bonds. The second-order valence-electron chi connectivity index (χ2n) is 7.76. The number of amides is 3. The summed E-state index contributed by atoms with van der Waals surface area (Å²) in [6, 6.07) is 17.4. The van der Waals surface area contributed by atoms with Crippen LogP contribution in [0.25, 0.3) is 0 Å². The van der Waals surface area contributed by atoms with Gasteiger partial charge in [-0.25, -0.2) is 4.79 Å². The van der Waals surface area contributed by atoms with E-state index in [-0.39, 0.29) is 11.9 Å². The lowest BCUT2D eigenvalue weighted by Crippen LogP contribution is -2.49. The maximum atomic E-state index is 12.1. The third-order valence-corrected chi connectivity index (χ3v) is 5.43. The van der Waals surface area contributed by atoms with E-state index in [1.807, 2.05) is 6.07 Å². The number of hydrogen-bond acceptors (Lipinski definition) is 3. The van der Waals surface area contributed by atoms with Gasteiger partial charge < -0.3 is 5.32 Å². The molecule has 0 aliphatic carbocycles. The summed E-state index contributed by atoms with van der Waals surface area (Å²) >= 11 is 0. The van der Waals surface area contributed by atoms with E-state index >= 15 is 0 Å². The molecule has 154 valence electrons. The number of urea groups is 1. The fraction of sp³-hybridized carbons (Fsp3) is 0.417. The smallest absolute Gasteiger partial charge is 0.321 e. The van der Waals surface area contributed by atoms with Gasteiger partial charge in [-0.2, -0.15) is 0 Å². The van der Waals surface area contributed by atoms with Gasteiger partial charge in [-0.05, 0) is 48.9 Å². The molecule has 0 saturated carbocycles. The first-order valence-corrected chi connectivity index (χ1v) is 10.6. The van der Waals surface area contributed by atoms with E-state index in [4.69, 9.17) is 0 Å². The average Bonchev–Trinajstić information content (AvgIpc) is 2.75. The summed E-state index contributed by atoms with van der Waals surface area (Å²) in [4.78, 5) is 26.6. The fourth-order valence-electron chi connectivity index (χ4n) is 3.67. The van der Waals surface area contributed by atoms with E-state index in [0.717, 1.165) is 38.9 Å². The summed E-state index contributed by atoms with van der Waals surface area (Å²) in [7, 11) is 0. The Kier molecular flexibility index (Phi) is 7.82. The molecular weight excluding hydrogens is 362 g/mol. The quantitative estimate of drug-likeness (QED) is 0.743. The van der Waals surface area contributed by atoms with E-state index in [0.29, 0.717) is 5.56 Å². The number of nitrogens with one attached hydrogen (secondary N) is 2. The molecule has 2 aromatic rings. The highest BCUT2D eigenvalue weighted by Gasteiger charge is 2.21. The molecule has 1 aliphatic rings. The second-order valence-corrected chi connectivity index (χ2v) is 7.76. The Morgan fingerprint density at radius 3 is 2.28 bits per heavy atom. The largest absolute Gasteiger partial charge is 0.335 e. The Hall–Kier alpha value is -2.66. The van der Waals surface area contributed by atoms with Crippen LogP contribution in [0.15, 0.2) is 54.6 Å². The third-order valence-electron chi connectivity index (χ3n) is 5.43. The van der Waals surface area contributed by atoms with E-state index in [1.54, 1.807) is 24.3 Å². The number of piperidine rings is 1. The van der Waals surface area contributed by atoms with Crippen LogP contribution in [0.2, 0.25) is 0 Å². The highest BCUT2D eigenvalue weighted by Crippen LogP contribution is 2.15. The summed E-state index contributed by atoms with van der Waals surface area (Å²) < 4.78 is 0. The molecule has 0 unspecified atom stereocenters. The third kappa shape index (κ3) is 6.71. The van der Waals surface area contributed by atoms with Crippen LogP contribution in [0.5, 0.6) is 0 Å². The minimum atomic E-state index is -0.417. The van der Waals surface area contributed by atoms with E-state index in [1.165, 1.54) is 24.0 Å². The molecule has 0 atom stereocenters. The van der Waals surface area contributed by atoms with Crippen LogP contribution in [0, 0.1) is 0 Å². The summed E-state index contributed by atoms with van der Waals surface area (Å²) in [5, 5.41) is 5.35. The molecular formula is C24H31N3O2. The molecule has 5 nitrogen and oxygen atoms in total. The van der Waals surface area contributed by atoms with Crippen LogP contribution < -0.4 is 10.6 Å². The second kappa shape index (κ2) is 10.8. The fourth-order valence-corrected chi connectivity index (χ4v) is 3.67. The van der Waals surface area contributed by atoms with E-state index < -0.39 is 6.03 Å². The van der Waals surface area contributed by atoms with Gasteiger partial charge in [0, 0.05) is 31.2 Å². The van der Waals surface area contributed by atoms with Crippen LogP contribution in [-0.2, 0) is 13.0 Å². The lowest BCUT2D eigenvalue weighted by atomic mass is 10.0. The molecule has 1 heterocycles. The van der Waals surface area contributed by atoms with Crippen molar-refractivity contribution in [2.75, 3.05) is 13.1 Å². The van der Waals surface area contributed by atoms with Crippen LogP contribution in [0.1, 0.15) is 54.1 Å². The van der Waals surface area contributed by atoms with Gasteiger partial charge in [0.2, 0.25) is 0 Å². The number of carbonyl (C=O) groups is 2. The molecule has 2 N–H and O–H groups in total. The highest BCUT2D eigenvalue weighted by atomic mass is 16.2. The molecule has 5 heteroatoms. The van der Waals surface area contributed by atoms with Gasteiger partial charge >= 0.3 is 6.03 Å². The first-order valence-electron chi connectivity index (χ1n) is 10.6. The van der Waals surface area contributed by atoms with Crippen LogP contribution in [-0.4, -0.2) is 36.0 Å². The highest BCUT2D eigenvalue weighted by molar-refractivity contribution is 6.04. The summed E-state index contributed by atoms with van der Waals surface area (Å²) in [6.45, 7) is 5.04. The van der Waals surface area contributed by atoms with Crippen molar-refractivity contribution < 1.29 is 9.59 Å². The zero-order valence-electron chi connectivity index (χ0n) is 17.2. The Bertz CT molecular complexity index is 782. The molecule has 0 bridgehead atoms. The van der Waals surface area contributed by atoms with E-state index in [2.05, 4.69) is 46.7 Å². The molecule has 0 radical (unpaired) electrons. The Labute approximate surface area is 173 Å². The lowest BCUT2D eigenvalue weighted by molar-refractivity contribution is 0.0961. The van der Waals surface area contributed by atoms with Crippen LogP contribution in [0.4, 0.5) is 4.79 Å². The monoisotopic (exact) mass is 393 g/mol. The van der Waals surface area contributed by atoms with Crippen molar-refractivity contribution in [3.05, 3.63) is 71.3 Å². The molecule has 1 fully saturated rings. The van der Waals surface area contributed by atoms with Gasteiger partial charge in [0.05, 0.1) is 0 Å². The zero-order chi connectivity index (χ0) is 20.5. The SMILES string of the molecule is CCCCc1ccc(CN2CCC(NC(=O)NC(=O)c3ccccc3)CC2)cc1. The van der Waals surface area contributed by atoms with Gasteiger partial charge in [-0.1, -0.05) is 55.8 Å². The number of carbonyl (C=O) groups excluding carboxylic acids is 2. The number of hydrogen-bond donors (Lipinski definition) is 2. The maximum absolute atomic E-state index is 12.1. The van der Waals surface area contributed by atoms with Crippen molar-refractivity contribution in [2.45, 2.75) is 51.6 Å². The molecule has 0 spiro atoms. The molecule has 1 saturated heterocycles. The first-order chi connectivity index (χ1) is 14.1. The van der Waals surface area contributed by atoms with Crippen molar-refractivity contribution in [3.63, 3.8) is 0 Å². The number of aryl methyl sites for hydroxylation is 1. The number of benzene rings is 2. The number of likely N-dealkylation sites (tertiary alicyclic amines) is 1. The van der Waals surface area contributed by atoms with E-state index in [9.17, 15) is 9.59 Å². The lowest BCUT2D eigenvalue weighted by Gasteiger charge is -2.32. The summed E-state index contributed by atoms with van der Waals surface area (Å²) in [5.41, 5.74) is 3.23. The maximum Gasteiger partial charge on any atom is 0.321 e. The molecule has 29 heavy (non-hydrogen) atoms. The minimum Gasteiger partial charge on any atom is -0.335 e. The van der Waals surface area contributed by atoms with Gasteiger partial charge in [0.15, 0.2) is 0 Å². The van der Waals surface area contributed by atoms with Gasteiger partial charge in [0.25, 0.3) is 5.91 Å². The molecule has 2 aromatic carbocycles. The topological polar surface area (TPSA) is 61.4 Å². The van der Waals surface area contributed by atoms with Gasteiger partial charge in [-0.15, -0.1) is 0 Å². The predicted octanol–water partition coefficient (Wildman–Crippen LogP) is 4.13. The zero-order valence-corrected chi connectivity index (χ0v) is 17.2.